The second-order valence-corrected chi connectivity index (χ2v) is 6.18. The van der Waals surface area contributed by atoms with Crippen LogP contribution >= 0.6 is 0 Å². The third kappa shape index (κ3) is 4.22. The molecule has 0 bridgehead atoms. The first-order valence-corrected chi connectivity index (χ1v) is 7.30. The minimum Gasteiger partial charge on any atom is -0.508 e. The Morgan fingerprint density at radius 2 is 2.00 bits per heavy atom. The van der Waals surface area contributed by atoms with Crippen LogP contribution in [0.4, 0.5) is 0 Å². The molecule has 1 fully saturated rings. The van der Waals surface area contributed by atoms with Gasteiger partial charge in [0.2, 0.25) is 0 Å². The van der Waals surface area contributed by atoms with E-state index in [0.29, 0.717) is 17.8 Å². The number of hydrogen-bond donors (Lipinski definition) is 2. The van der Waals surface area contributed by atoms with Crippen molar-refractivity contribution in [3.05, 3.63) is 29.8 Å². The van der Waals surface area contributed by atoms with Crippen molar-refractivity contribution in [1.29, 1.82) is 0 Å². The maximum Gasteiger partial charge on any atom is 0.115 e. The maximum absolute atomic E-state index is 9.33. The first-order chi connectivity index (χ1) is 9.04. The highest BCUT2D eigenvalue weighted by molar-refractivity contribution is 5.25. The molecule has 0 spiro atoms. The molecule has 0 radical (unpaired) electrons. The molecule has 106 valence electrons. The van der Waals surface area contributed by atoms with Crippen LogP contribution in [0, 0.1) is 5.92 Å². The highest BCUT2D eigenvalue weighted by atomic mass is 16.3. The Morgan fingerprint density at radius 1 is 1.32 bits per heavy atom. The molecule has 0 aliphatic carbocycles. The molecule has 2 rings (SSSR count). The fourth-order valence-electron chi connectivity index (χ4n) is 2.78. The van der Waals surface area contributed by atoms with Gasteiger partial charge in [0.25, 0.3) is 0 Å². The molecule has 1 aromatic carbocycles. The number of phenols is 1. The quantitative estimate of drug-likeness (QED) is 0.875. The van der Waals surface area contributed by atoms with Crippen LogP contribution in [0.15, 0.2) is 24.3 Å². The zero-order chi connectivity index (χ0) is 13.8. The Morgan fingerprint density at radius 3 is 2.63 bits per heavy atom. The number of nitrogens with one attached hydrogen (secondary N) is 1. The molecule has 0 aromatic heterocycles. The lowest BCUT2D eigenvalue weighted by atomic mass is 9.99. The van der Waals surface area contributed by atoms with E-state index in [1.54, 1.807) is 12.1 Å². The van der Waals surface area contributed by atoms with Gasteiger partial charge >= 0.3 is 0 Å². The van der Waals surface area contributed by atoms with E-state index >= 15 is 0 Å². The average molecular weight is 262 g/mol. The number of nitrogens with zero attached hydrogens (tertiary/aromatic N) is 1. The fraction of sp³-hybridized carbons (Fsp3) is 0.625. The Balaban J connectivity index is 1.95. The standard InChI is InChI=1S/C16H26N2O/c1-12(2)8-15-11-18(13(3)9-17-15)10-14-4-6-16(19)7-5-14/h4-7,12-13,15,17,19H,8-11H2,1-3H3. The van der Waals surface area contributed by atoms with Gasteiger partial charge in [0, 0.05) is 31.7 Å². The summed E-state index contributed by atoms with van der Waals surface area (Å²) >= 11 is 0. The molecule has 1 aliphatic rings. The summed E-state index contributed by atoms with van der Waals surface area (Å²) in [5.41, 5.74) is 1.27. The highest BCUT2D eigenvalue weighted by Gasteiger charge is 2.25. The van der Waals surface area contributed by atoms with Gasteiger partial charge in [-0.2, -0.15) is 0 Å². The molecule has 3 heteroatoms. The molecule has 1 heterocycles. The SMILES string of the molecule is CC(C)CC1CN(Cc2ccc(O)cc2)C(C)CN1. The van der Waals surface area contributed by atoms with Crippen molar-refractivity contribution in [2.24, 2.45) is 5.92 Å². The number of rotatable bonds is 4. The second kappa shape index (κ2) is 6.40. The molecular weight excluding hydrogens is 236 g/mol. The van der Waals surface area contributed by atoms with Gasteiger partial charge in [-0.1, -0.05) is 26.0 Å². The molecule has 2 atom stereocenters. The lowest BCUT2D eigenvalue weighted by Gasteiger charge is -2.39. The van der Waals surface area contributed by atoms with Crippen LogP contribution in [0.2, 0.25) is 0 Å². The molecule has 2 N–H and O–H groups in total. The lowest BCUT2D eigenvalue weighted by molar-refractivity contribution is 0.125. The number of benzene rings is 1. The van der Waals surface area contributed by atoms with Crippen molar-refractivity contribution in [3.63, 3.8) is 0 Å². The van der Waals surface area contributed by atoms with E-state index in [9.17, 15) is 5.11 Å². The minimum atomic E-state index is 0.342. The normalized spacial score (nSPS) is 24.8. The molecule has 19 heavy (non-hydrogen) atoms. The molecule has 1 aliphatic heterocycles. The number of phenolic OH excluding ortho intramolecular Hbond substituents is 1. The molecule has 0 amide bonds. The Hall–Kier alpha value is -1.06. The van der Waals surface area contributed by atoms with Gasteiger partial charge in [0.15, 0.2) is 0 Å². The molecule has 3 nitrogen and oxygen atoms in total. The molecule has 0 saturated carbocycles. The van der Waals surface area contributed by atoms with Crippen LogP contribution in [-0.2, 0) is 6.54 Å². The van der Waals surface area contributed by atoms with E-state index in [2.05, 4.69) is 31.0 Å². The Bertz CT molecular complexity index is 388. The van der Waals surface area contributed by atoms with Crippen LogP contribution in [0.1, 0.15) is 32.8 Å². The number of hydrogen-bond acceptors (Lipinski definition) is 3. The second-order valence-electron chi connectivity index (χ2n) is 6.18. The van der Waals surface area contributed by atoms with E-state index in [1.165, 1.54) is 12.0 Å². The first kappa shape index (κ1) is 14.4. The fourth-order valence-corrected chi connectivity index (χ4v) is 2.78. The molecule has 1 aromatic rings. The van der Waals surface area contributed by atoms with Gasteiger partial charge in [-0.15, -0.1) is 0 Å². The topological polar surface area (TPSA) is 35.5 Å². The van der Waals surface area contributed by atoms with Crippen molar-refractivity contribution in [2.45, 2.75) is 45.8 Å². The van der Waals surface area contributed by atoms with E-state index in [-0.39, 0.29) is 0 Å². The van der Waals surface area contributed by atoms with E-state index in [1.807, 2.05) is 12.1 Å². The molecule has 2 unspecified atom stereocenters. The van der Waals surface area contributed by atoms with Crippen LogP contribution in [-0.4, -0.2) is 35.2 Å². The van der Waals surface area contributed by atoms with E-state index in [4.69, 9.17) is 0 Å². The highest BCUT2D eigenvalue weighted by Crippen LogP contribution is 2.17. The van der Waals surface area contributed by atoms with Crippen LogP contribution in [0.3, 0.4) is 0 Å². The summed E-state index contributed by atoms with van der Waals surface area (Å²) in [6, 6.07) is 8.75. The summed E-state index contributed by atoms with van der Waals surface area (Å²) in [5, 5.41) is 13.0. The smallest absolute Gasteiger partial charge is 0.115 e. The van der Waals surface area contributed by atoms with Gasteiger partial charge < -0.3 is 10.4 Å². The zero-order valence-electron chi connectivity index (χ0n) is 12.3. The van der Waals surface area contributed by atoms with Gasteiger partial charge in [-0.05, 0) is 37.0 Å². The number of piperazine rings is 1. The zero-order valence-corrected chi connectivity index (χ0v) is 12.3. The van der Waals surface area contributed by atoms with Crippen molar-refractivity contribution in [1.82, 2.24) is 10.2 Å². The van der Waals surface area contributed by atoms with Crippen LogP contribution in [0.5, 0.6) is 5.75 Å². The Kier molecular flexibility index (Phi) is 4.83. The van der Waals surface area contributed by atoms with Crippen molar-refractivity contribution < 1.29 is 5.11 Å². The Labute approximate surface area is 116 Å². The maximum atomic E-state index is 9.33. The predicted molar refractivity (Wildman–Crippen MR) is 79.2 cm³/mol. The lowest BCUT2D eigenvalue weighted by Crippen LogP contribution is -2.55. The van der Waals surface area contributed by atoms with E-state index < -0.39 is 0 Å². The van der Waals surface area contributed by atoms with Gasteiger partial charge in [-0.3, -0.25) is 4.90 Å². The summed E-state index contributed by atoms with van der Waals surface area (Å²) < 4.78 is 0. The molecule has 1 saturated heterocycles. The first-order valence-electron chi connectivity index (χ1n) is 7.30. The van der Waals surface area contributed by atoms with Crippen molar-refractivity contribution in [2.75, 3.05) is 13.1 Å². The van der Waals surface area contributed by atoms with Crippen LogP contribution < -0.4 is 5.32 Å². The summed E-state index contributed by atoms with van der Waals surface area (Å²) in [6.45, 7) is 9.99. The third-order valence-electron chi connectivity index (χ3n) is 3.86. The monoisotopic (exact) mass is 262 g/mol. The van der Waals surface area contributed by atoms with Crippen molar-refractivity contribution >= 4 is 0 Å². The predicted octanol–water partition coefficient (Wildman–Crippen LogP) is 2.60. The number of aromatic hydroxyl groups is 1. The van der Waals surface area contributed by atoms with Gasteiger partial charge in [-0.25, -0.2) is 0 Å². The van der Waals surface area contributed by atoms with Crippen molar-refractivity contribution in [3.8, 4) is 5.75 Å². The minimum absolute atomic E-state index is 0.342. The van der Waals surface area contributed by atoms with Crippen LogP contribution in [0.25, 0.3) is 0 Å². The molecular formula is C16H26N2O. The summed E-state index contributed by atoms with van der Waals surface area (Å²) in [5.74, 6) is 1.08. The van der Waals surface area contributed by atoms with Gasteiger partial charge in [0.05, 0.1) is 0 Å². The summed E-state index contributed by atoms with van der Waals surface area (Å²) in [4.78, 5) is 2.54. The third-order valence-corrected chi connectivity index (χ3v) is 3.86. The average Bonchev–Trinajstić information content (AvgIpc) is 2.35. The van der Waals surface area contributed by atoms with Gasteiger partial charge in [0.1, 0.15) is 5.75 Å². The summed E-state index contributed by atoms with van der Waals surface area (Å²) in [6.07, 6.45) is 1.23. The largest absolute Gasteiger partial charge is 0.508 e. The van der Waals surface area contributed by atoms with E-state index in [0.717, 1.165) is 25.6 Å². The summed E-state index contributed by atoms with van der Waals surface area (Å²) in [7, 11) is 0.